The number of aliphatic hydroxyl groups is 1. The molecule has 0 aliphatic carbocycles. The number of nitrogens with one attached hydrogen (secondary N) is 1. The Kier molecular flexibility index (Phi) is 21.6. The molecule has 9 rings (SSSR count). The summed E-state index contributed by atoms with van der Waals surface area (Å²) in [6.07, 6.45) is -5.54. The van der Waals surface area contributed by atoms with Gasteiger partial charge in [0.15, 0.2) is 0 Å². The minimum atomic E-state index is -4.77. The number of aliphatic hydroxyl groups excluding tert-OH is 1. The van der Waals surface area contributed by atoms with Crippen LogP contribution >= 0.6 is 8.17 Å². The molecule has 7 aliphatic rings. The second-order valence-electron chi connectivity index (χ2n) is 29.0. The molecule has 7 aliphatic heterocycles. The first kappa shape index (κ1) is 75.0. The van der Waals surface area contributed by atoms with E-state index >= 15 is 0 Å². The number of hydrogen-bond acceptors (Lipinski definition) is 21. The third kappa shape index (κ3) is 14.3. The number of aliphatic imine (C=N–C) groups is 3. The predicted octanol–water partition coefficient (Wildman–Crippen LogP) is 2.76. The summed E-state index contributed by atoms with van der Waals surface area (Å²) in [5.41, 5.74) is 35.6. The van der Waals surface area contributed by atoms with Crippen molar-refractivity contribution >= 4 is 96.0 Å². The number of imidazole rings is 1. The maximum atomic E-state index is 14.7. The molecule has 3 saturated heterocycles. The van der Waals surface area contributed by atoms with Gasteiger partial charge < -0.3 is 28.7 Å². The number of amides is 8. The molecule has 14 atom stereocenters. The molecule has 99 heavy (non-hydrogen) atoms. The number of aromatic nitrogens is 2. The number of benzene rings is 1. The fourth-order valence-electron chi connectivity index (χ4n) is 16.7. The Hall–Kier alpha value is -8.19. The molecule has 1 aromatic carbocycles. The molecule has 16 N–H and O–H groups in total. The van der Waals surface area contributed by atoms with Crippen molar-refractivity contribution in [2.75, 3.05) is 19.8 Å². The Morgan fingerprint density at radius 3 is 1.99 bits per heavy atom. The first-order valence-electron chi connectivity index (χ1n) is 33.2. The smallest absolute Gasteiger partial charge is 0.370 e. The normalized spacial score (nSPS) is 33.6. The van der Waals surface area contributed by atoms with Crippen LogP contribution in [-0.4, -0.2) is 162 Å². The van der Waals surface area contributed by atoms with Crippen LogP contribution in [0.1, 0.15) is 156 Å². The van der Waals surface area contributed by atoms with Crippen molar-refractivity contribution in [2.24, 2.45) is 94.7 Å². The van der Waals surface area contributed by atoms with Crippen molar-refractivity contribution in [2.45, 2.75) is 195 Å². The summed E-state index contributed by atoms with van der Waals surface area (Å²) in [5.74, 6) is -10.2. The minimum Gasteiger partial charge on any atom is -0.370 e. The zero-order chi connectivity index (χ0) is 73.0. The van der Waals surface area contributed by atoms with Crippen molar-refractivity contribution in [1.82, 2.24) is 19.8 Å². The fraction of sp³-hybridized carbons (Fsp3) is 0.612. The summed E-state index contributed by atoms with van der Waals surface area (Å²) in [6.45, 7) is 17.2. The SMILES string of the molecule is C/C1=C2N=C(/C=C3N=C(/C(C)=C4/[C@@H](CCC(N)=O)[C@](C)(CC(N)=O)[C@](C)(C5N=C1[C@](C)(CCC(=O)NC[C@H]1CO[PH](O)(OC6C(COC(=O)CCC(=O)O)O[C@H](n7cnc8cc(C)c(C)cc87)[C@@H]6O)O1)[C@H]5CC(N)=O)N4C=O)[C@@](C)(CC(N)=O)[C@@H]\3CCC(N)=O)C(C)(C)C/2CCC(N)=O. The van der Waals surface area contributed by atoms with Crippen LogP contribution in [0.3, 0.4) is 0 Å². The molecular weight excluding hydrogens is 1310 g/mol. The summed E-state index contributed by atoms with van der Waals surface area (Å²) in [7, 11) is -4.77. The number of aryl methyl sites for hydroxylation is 2. The number of fused-ring (bicyclic) bond motifs is 7. The second-order valence-corrected chi connectivity index (χ2v) is 30.8. The average molecular weight is 1400 g/mol. The number of ether oxygens (including phenoxy) is 2. The van der Waals surface area contributed by atoms with Gasteiger partial charge in [-0.1, -0.05) is 27.7 Å². The first-order valence-corrected chi connectivity index (χ1v) is 34.9. The van der Waals surface area contributed by atoms with Gasteiger partial charge in [-0.3, -0.25) is 33.8 Å². The van der Waals surface area contributed by atoms with E-state index in [0.29, 0.717) is 51.4 Å². The summed E-state index contributed by atoms with van der Waals surface area (Å²) in [6, 6.07) is 2.50. The molecule has 8 bridgehead atoms. The van der Waals surface area contributed by atoms with Gasteiger partial charge in [-0.25, -0.2) is 0 Å². The molecule has 32 heteroatoms. The minimum absolute atomic E-state index is 0.0615. The Balaban J connectivity index is 1.10. The molecule has 2 aromatic rings. The number of aliphatic carboxylic acids is 1. The van der Waals surface area contributed by atoms with Crippen LogP contribution in [0.25, 0.3) is 11.0 Å². The number of carboxylic acids is 1. The number of hydrogen-bond donors (Lipinski definition) is 10. The van der Waals surface area contributed by atoms with Gasteiger partial charge in [0.1, 0.15) is 0 Å². The van der Waals surface area contributed by atoms with Gasteiger partial charge >= 0.3 is 334 Å². The maximum absolute atomic E-state index is 14.7. The summed E-state index contributed by atoms with van der Waals surface area (Å²) < 4.78 is 31.2. The van der Waals surface area contributed by atoms with Crippen LogP contribution in [0, 0.1) is 59.2 Å². The fourth-order valence-corrected chi connectivity index (χ4v) is 18.5. The molecule has 1 aromatic heterocycles. The van der Waals surface area contributed by atoms with Crippen molar-refractivity contribution in [1.29, 1.82) is 0 Å². The predicted molar refractivity (Wildman–Crippen MR) is 360 cm³/mol. The Labute approximate surface area is 573 Å². The third-order valence-corrected chi connectivity index (χ3v) is 23.9. The first-order chi connectivity index (χ1) is 46.2. The van der Waals surface area contributed by atoms with Crippen molar-refractivity contribution < 1.29 is 86.1 Å². The van der Waals surface area contributed by atoms with Crippen molar-refractivity contribution in [3.63, 3.8) is 0 Å². The molecule has 540 valence electrons. The standard InChI is InChI=1S/C67H94N13O18P/c1-32-21-42-43(22-33(32)2)79(30-75-42)62-57(92)58(44(96-62)29-94-54(91)18-17-53(89)90)98-99(93)95-28-36(97-99)27-74-52(88)19-20-64(7)40(23-49(71)85)61-67(10)66(9,26-51(73)87)39(13-16-48(70)84)56(80(67)31-81)35(4)60-65(8,25-50(72)86)37(11-14-46(68)82)41(76-60)24-45-63(5,6)38(12-15-47(69)83)55(77-45)34(3)59(64)78-61/h21-22,24,30-31,36-40,44,57-58,61-62,92-93,99H,11-20,23,25-29H2,1-10H3,(H2,68,82)(H2,69,83)(H2,70,84)(H2,71,85)(H2,72,86)(H2,73,87)(H,74,88)(H,89,90)/b41-24-,55-34-,56-35-/t36-,37+,38?,39+,40-,44?,57+,58?,61?,62-,64+,65-,66-,67-/m0/s1. The van der Waals surface area contributed by atoms with E-state index in [1.54, 1.807) is 45.3 Å². The Morgan fingerprint density at radius 1 is 0.758 bits per heavy atom. The van der Waals surface area contributed by atoms with E-state index < -0.39 is 181 Å². The molecule has 0 spiro atoms. The van der Waals surface area contributed by atoms with E-state index in [2.05, 4.69) is 10.3 Å². The molecule has 0 saturated carbocycles. The van der Waals surface area contributed by atoms with Gasteiger partial charge in [-0.15, -0.1) is 0 Å². The Bertz CT molecular complexity index is 3880. The molecule has 8 amide bonds. The van der Waals surface area contributed by atoms with E-state index in [4.69, 9.17) is 77.5 Å². The van der Waals surface area contributed by atoms with Gasteiger partial charge in [-0.05, 0) is 37.8 Å². The number of primary amides is 6. The number of allylic oxidation sites excluding steroid dienone is 6. The quantitative estimate of drug-likeness (QED) is 0.0318. The van der Waals surface area contributed by atoms with Crippen LogP contribution in [0.2, 0.25) is 0 Å². The zero-order valence-corrected chi connectivity index (χ0v) is 58.6. The number of esters is 1. The average Bonchev–Trinajstić information content (AvgIpc) is 1.52. The number of nitrogens with two attached hydrogens (primary N) is 6. The number of carboxylic acid groups (broad SMARTS) is 1. The zero-order valence-electron chi connectivity index (χ0n) is 57.6. The van der Waals surface area contributed by atoms with Crippen molar-refractivity contribution in [3.05, 3.63) is 63.9 Å². The van der Waals surface area contributed by atoms with Gasteiger partial charge in [0.25, 0.3) is 0 Å². The Morgan fingerprint density at radius 2 is 1.38 bits per heavy atom. The van der Waals surface area contributed by atoms with E-state index in [-0.39, 0.29) is 82.3 Å². The van der Waals surface area contributed by atoms with Gasteiger partial charge in [0.05, 0.1) is 5.71 Å². The number of rotatable bonds is 29. The number of carbonyl (C=O) groups is 10. The molecule has 3 fully saturated rings. The van der Waals surface area contributed by atoms with Crippen LogP contribution in [0.5, 0.6) is 0 Å². The molecule has 31 nitrogen and oxygen atoms in total. The van der Waals surface area contributed by atoms with Crippen LogP contribution in [0.4, 0.5) is 0 Å². The van der Waals surface area contributed by atoms with E-state index in [0.717, 1.165) is 11.1 Å². The topological polar surface area (TPSA) is 504 Å². The summed E-state index contributed by atoms with van der Waals surface area (Å²) in [4.78, 5) is 167. The summed E-state index contributed by atoms with van der Waals surface area (Å²) >= 11 is 0. The molecular formula is C67H94N13O18P. The molecule has 0 radical (unpaired) electrons. The summed E-state index contributed by atoms with van der Waals surface area (Å²) in [5, 5.41) is 24.0. The van der Waals surface area contributed by atoms with Crippen LogP contribution in [0.15, 0.2) is 67.8 Å². The van der Waals surface area contributed by atoms with E-state index in [1.807, 2.05) is 46.8 Å². The van der Waals surface area contributed by atoms with Gasteiger partial charge in [0, 0.05) is 71.9 Å². The number of nitrogens with zero attached hydrogens (tertiary/aromatic N) is 6. The van der Waals surface area contributed by atoms with E-state index in [9.17, 15) is 57.9 Å². The molecule has 8 heterocycles. The van der Waals surface area contributed by atoms with Crippen LogP contribution < -0.4 is 39.7 Å². The molecule has 4 unspecified atom stereocenters. The van der Waals surface area contributed by atoms with Crippen LogP contribution in [-0.2, 0) is 71.0 Å². The van der Waals surface area contributed by atoms with Crippen molar-refractivity contribution in [3.8, 4) is 0 Å². The monoisotopic (exact) mass is 1400 g/mol. The van der Waals surface area contributed by atoms with E-state index in [1.165, 1.54) is 11.2 Å². The van der Waals surface area contributed by atoms with Gasteiger partial charge in [0.2, 0.25) is 35.9 Å². The number of carbonyl (C=O) groups excluding carboxylic acids is 9. The second kappa shape index (κ2) is 28.4. The third-order valence-electron chi connectivity index (χ3n) is 22.2. The van der Waals surface area contributed by atoms with Gasteiger partial charge in [-0.2, -0.15) is 0 Å².